The van der Waals surface area contributed by atoms with Crippen LogP contribution in [0.5, 0.6) is 5.75 Å². The molecule has 26 heavy (non-hydrogen) atoms. The fourth-order valence-electron chi connectivity index (χ4n) is 2.61. The first kappa shape index (κ1) is 20.7. The van der Waals surface area contributed by atoms with Gasteiger partial charge in [-0.25, -0.2) is 0 Å². The molecule has 3 nitrogen and oxygen atoms in total. The van der Waals surface area contributed by atoms with Crippen molar-refractivity contribution in [1.29, 1.82) is 0 Å². The average Bonchev–Trinajstić information content (AvgIpc) is 2.59. The van der Waals surface area contributed by atoms with Crippen molar-refractivity contribution in [3.05, 3.63) is 63.7 Å². The Morgan fingerprint density at radius 1 is 1.19 bits per heavy atom. The minimum atomic E-state index is -0.545. The highest BCUT2D eigenvalue weighted by molar-refractivity contribution is 7.98. The lowest BCUT2D eigenvalue weighted by Gasteiger charge is -2.16. The third-order valence-corrected chi connectivity index (χ3v) is 5.62. The fourth-order valence-corrected chi connectivity index (χ4v) is 3.53. The minimum absolute atomic E-state index is 0.105. The molecule has 0 aliphatic rings. The molecular weight excluding hydrogens is 366 g/mol. The molecule has 140 valence electrons. The van der Waals surface area contributed by atoms with Gasteiger partial charge in [0, 0.05) is 23.1 Å². The summed E-state index contributed by atoms with van der Waals surface area (Å²) in [5.41, 5.74) is 4.48. The first-order valence-electron chi connectivity index (χ1n) is 8.71. The topological polar surface area (TPSA) is 38.3 Å². The van der Waals surface area contributed by atoms with Crippen LogP contribution in [0.25, 0.3) is 0 Å². The molecular formula is C21H26ClNO2S. The van der Waals surface area contributed by atoms with Crippen LogP contribution >= 0.6 is 23.4 Å². The van der Waals surface area contributed by atoms with Crippen LogP contribution in [0, 0.1) is 20.8 Å². The van der Waals surface area contributed by atoms with Crippen LogP contribution in [0.2, 0.25) is 5.02 Å². The molecule has 0 aliphatic heterocycles. The summed E-state index contributed by atoms with van der Waals surface area (Å²) in [5.74, 6) is 2.38. The number of carbonyl (C=O) groups excluding carboxylic acids is 1. The summed E-state index contributed by atoms with van der Waals surface area (Å²) in [4.78, 5) is 12.2. The molecule has 2 rings (SSSR count). The second kappa shape index (κ2) is 9.89. The maximum Gasteiger partial charge on any atom is 0.260 e. The van der Waals surface area contributed by atoms with Gasteiger partial charge in [-0.1, -0.05) is 41.4 Å². The first-order valence-corrected chi connectivity index (χ1v) is 10.2. The predicted molar refractivity (Wildman–Crippen MR) is 111 cm³/mol. The molecule has 1 amide bonds. The number of nitrogens with one attached hydrogen (secondary N) is 1. The van der Waals surface area contributed by atoms with Crippen molar-refractivity contribution in [2.24, 2.45) is 0 Å². The highest BCUT2D eigenvalue weighted by atomic mass is 35.5. The number of thioether (sulfide) groups is 1. The van der Waals surface area contributed by atoms with Crippen LogP contribution in [0.3, 0.4) is 0 Å². The molecule has 0 heterocycles. The summed E-state index contributed by atoms with van der Waals surface area (Å²) < 4.78 is 5.75. The molecule has 2 aromatic rings. The molecule has 0 radical (unpaired) electrons. The standard InChI is InChI=1S/C21H26ClNO2S/c1-14-6-5-7-18(10-14)13-26-9-8-23-21(24)17(4)25-19-11-15(2)20(22)16(3)12-19/h5-7,10-12,17H,8-9,13H2,1-4H3,(H,23,24)/t17-/m0/s1. The summed E-state index contributed by atoms with van der Waals surface area (Å²) in [6, 6.07) is 12.2. The van der Waals surface area contributed by atoms with Crippen LogP contribution in [-0.4, -0.2) is 24.3 Å². The minimum Gasteiger partial charge on any atom is -0.481 e. The van der Waals surface area contributed by atoms with E-state index in [2.05, 4.69) is 36.5 Å². The maximum atomic E-state index is 12.2. The van der Waals surface area contributed by atoms with Crippen molar-refractivity contribution in [2.75, 3.05) is 12.3 Å². The van der Waals surface area contributed by atoms with Crippen molar-refractivity contribution >= 4 is 29.3 Å². The van der Waals surface area contributed by atoms with Crippen LogP contribution in [0.15, 0.2) is 36.4 Å². The van der Waals surface area contributed by atoms with E-state index >= 15 is 0 Å². The van der Waals surface area contributed by atoms with Crippen molar-refractivity contribution < 1.29 is 9.53 Å². The van der Waals surface area contributed by atoms with E-state index in [0.29, 0.717) is 12.3 Å². The van der Waals surface area contributed by atoms with Crippen LogP contribution < -0.4 is 10.1 Å². The quantitative estimate of drug-likeness (QED) is 0.637. The molecule has 0 spiro atoms. The van der Waals surface area contributed by atoms with Crippen molar-refractivity contribution in [1.82, 2.24) is 5.32 Å². The summed E-state index contributed by atoms with van der Waals surface area (Å²) >= 11 is 7.97. The van der Waals surface area contributed by atoms with Gasteiger partial charge in [-0.3, -0.25) is 4.79 Å². The number of hydrogen-bond acceptors (Lipinski definition) is 3. The second-order valence-corrected chi connectivity index (χ2v) is 7.95. The second-order valence-electron chi connectivity index (χ2n) is 6.46. The van der Waals surface area contributed by atoms with Crippen LogP contribution in [-0.2, 0) is 10.5 Å². The zero-order valence-corrected chi connectivity index (χ0v) is 17.3. The van der Waals surface area contributed by atoms with Crippen molar-refractivity contribution in [3.8, 4) is 5.75 Å². The fraction of sp³-hybridized carbons (Fsp3) is 0.381. The molecule has 0 unspecified atom stereocenters. The van der Waals surface area contributed by atoms with Gasteiger partial charge in [0.25, 0.3) is 5.91 Å². The van der Waals surface area contributed by atoms with Gasteiger partial charge in [0.1, 0.15) is 5.75 Å². The Hall–Kier alpha value is -1.65. The number of rotatable bonds is 8. The lowest BCUT2D eigenvalue weighted by Crippen LogP contribution is -2.37. The Morgan fingerprint density at radius 3 is 2.54 bits per heavy atom. The Kier molecular flexibility index (Phi) is 7.85. The number of amides is 1. The number of aryl methyl sites for hydroxylation is 3. The molecule has 1 atom stereocenters. The van der Waals surface area contributed by atoms with E-state index in [-0.39, 0.29) is 5.91 Å². The lowest BCUT2D eigenvalue weighted by molar-refractivity contribution is -0.127. The average molecular weight is 392 g/mol. The third kappa shape index (κ3) is 6.26. The Labute approximate surface area is 165 Å². The highest BCUT2D eigenvalue weighted by Gasteiger charge is 2.15. The van der Waals surface area contributed by atoms with E-state index < -0.39 is 6.10 Å². The first-order chi connectivity index (χ1) is 12.4. The molecule has 0 saturated heterocycles. The zero-order valence-electron chi connectivity index (χ0n) is 15.8. The third-order valence-electron chi connectivity index (χ3n) is 3.99. The maximum absolute atomic E-state index is 12.2. The van der Waals surface area contributed by atoms with Gasteiger partial charge in [0.2, 0.25) is 0 Å². The smallest absolute Gasteiger partial charge is 0.260 e. The summed E-state index contributed by atoms with van der Waals surface area (Å²) in [6.07, 6.45) is -0.545. The molecule has 0 saturated carbocycles. The summed E-state index contributed by atoms with van der Waals surface area (Å²) in [7, 11) is 0. The van der Waals surface area contributed by atoms with Gasteiger partial charge >= 0.3 is 0 Å². The van der Waals surface area contributed by atoms with E-state index in [1.165, 1.54) is 11.1 Å². The van der Waals surface area contributed by atoms with E-state index in [1.807, 2.05) is 37.7 Å². The monoisotopic (exact) mass is 391 g/mol. The number of benzene rings is 2. The Balaban J connectivity index is 1.72. The van der Waals surface area contributed by atoms with Crippen LogP contribution in [0.1, 0.15) is 29.2 Å². The van der Waals surface area contributed by atoms with Gasteiger partial charge in [0.05, 0.1) is 0 Å². The molecule has 0 aliphatic carbocycles. The number of halogens is 1. The van der Waals surface area contributed by atoms with Gasteiger partial charge in [-0.05, 0) is 56.5 Å². The van der Waals surface area contributed by atoms with Gasteiger partial charge in [-0.2, -0.15) is 11.8 Å². The molecule has 0 fully saturated rings. The summed E-state index contributed by atoms with van der Waals surface area (Å²) in [5, 5.41) is 3.67. The van der Waals surface area contributed by atoms with E-state index in [9.17, 15) is 4.79 Å². The number of carbonyl (C=O) groups is 1. The largest absolute Gasteiger partial charge is 0.481 e. The SMILES string of the molecule is Cc1cccc(CSCCNC(=O)[C@H](C)Oc2cc(C)c(Cl)c(C)c2)c1. The number of ether oxygens (including phenoxy) is 1. The van der Waals surface area contributed by atoms with Crippen molar-refractivity contribution in [2.45, 2.75) is 39.6 Å². The van der Waals surface area contributed by atoms with E-state index in [4.69, 9.17) is 16.3 Å². The molecule has 0 bridgehead atoms. The molecule has 0 aromatic heterocycles. The van der Waals surface area contributed by atoms with Gasteiger partial charge in [0.15, 0.2) is 6.10 Å². The van der Waals surface area contributed by atoms with E-state index in [0.717, 1.165) is 27.7 Å². The van der Waals surface area contributed by atoms with Gasteiger partial charge < -0.3 is 10.1 Å². The molecule has 2 aromatic carbocycles. The van der Waals surface area contributed by atoms with Gasteiger partial charge in [-0.15, -0.1) is 0 Å². The normalized spacial score (nSPS) is 11.9. The van der Waals surface area contributed by atoms with Crippen LogP contribution in [0.4, 0.5) is 0 Å². The van der Waals surface area contributed by atoms with E-state index in [1.54, 1.807) is 6.92 Å². The summed E-state index contributed by atoms with van der Waals surface area (Å²) in [6.45, 7) is 8.34. The highest BCUT2D eigenvalue weighted by Crippen LogP contribution is 2.26. The number of hydrogen-bond donors (Lipinski definition) is 1. The molecule has 1 N–H and O–H groups in total. The van der Waals surface area contributed by atoms with Crippen molar-refractivity contribution in [3.63, 3.8) is 0 Å². The zero-order chi connectivity index (χ0) is 19.1. The Bertz CT molecular complexity index is 740. The Morgan fingerprint density at radius 2 is 1.88 bits per heavy atom. The molecule has 5 heteroatoms. The lowest BCUT2D eigenvalue weighted by atomic mass is 10.1. The predicted octanol–water partition coefficient (Wildman–Crippen LogP) is 5.08.